The van der Waals surface area contributed by atoms with Gasteiger partial charge in [-0.15, -0.1) is 23.7 Å². The zero-order valence-corrected chi connectivity index (χ0v) is 16.1. The van der Waals surface area contributed by atoms with Gasteiger partial charge in [-0.1, -0.05) is 6.07 Å². The van der Waals surface area contributed by atoms with Crippen LogP contribution in [-0.2, 0) is 9.84 Å². The van der Waals surface area contributed by atoms with E-state index in [-0.39, 0.29) is 17.4 Å². The lowest BCUT2D eigenvalue weighted by molar-refractivity contribution is 0.313. The second-order valence-corrected chi connectivity index (χ2v) is 9.04. The maximum absolute atomic E-state index is 12.8. The SMILES string of the molecule is CN1CCN(c2ccc3n[nH]c(S(=O)(=O)c4cccs4)c3c2)CC1.Cl. The third-order valence-corrected chi connectivity index (χ3v) is 7.52. The van der Waals surface area contributed by atoms with Gasteiger partial charge in [0.05, 0.1) is 5.52 Å². The molecule has 1 aliphatic heterocycles. The summed E-state index contributed by atoms with van der Waals surface area (Å²) in [6.07, 6.45) is 0. The van der Waals surface area contributed by atoms with Gasteiger partial charge in [0.1, 0.15) is 4.21 Å². The molecule has 1 aromatic carbocycles. The first kappa shape index (κ1) is 18.2. The highest BCUT2D eigenvalue weighted by Crippen LogP contribution is 2.31. The van der Waals surface area contributed by atoms with E-state index >= 15 is 0 Å². The van der Waals surface area contributed by atoms with Crippen LogP contribution >= 0.6 is 23.7 Å². The summed E-state index contributed by atoms with van der Waals surface area (Å²) in [5.74, 6) is 0. The molecule has 1 aliphatic rings. The summed E-state index contributed by atoms with van der Waals surface area (Å²) in [5.41, 5.74) is 1.71. The van der Waals surface area contributed by atoms with Crippen LogP contribution in [0.15, 0.2) is 44.9 Å². The first-order valence-electron chi connectivity index (χ1n) is 7.76. The number of fused-ring (bicyclic) bond motifs is 1. The number of H-pyrrole nitrogens is 1. The first-order valence-corrected chi connectivity index (χ1v) is 10.1. The molecule has 0 amide bonds. The van der Waals surface area contributed by atoms with Crippen molar-refractivity contribution in [3.8, 4) is 0 Å². The molecule has 4 rings (SSSR count). The number of nitrogens with zero attached hydrogens (tertiary/aromatic N) is 3. The molecule has 25 heavy (non-hydrogen) atoms. The number of thiophene rings is 1. The molecule has 0 unspecified atom stereocenters. The minimum absolute atomic E-state index is 0. The van der Waals surface area contributed by atoms with E-state index in [1.165, 1.54) is 11.3 Å². The Hall–Kier alpha value is -1.61. The molecule has 134 valence electrons. The van der Waals surface area contributed by atoms with Crippen molar-refractivity contribution in [3.63, 3.8) is 0 Å². The Morgan fingerprint density at radius 2 is 1.92 bits per heavy atom. The van der Waals surface area contributed by atoms with Gasteiger partial charge in [0.25, 0.3) is 0 Å². The number of piperazine rings is 1. The van der Waals surface area contributed by atoms with Gasteiger partial charge in [-0.2, -0.15) is 5.10 Å². The van der Waals surface area contributed by atoms with Crippen LogP contribution < -0.4 is 4.90 Å². The summed E-state index contributed by atoms with van der Waals surface area (Å²) in [5, 5.41) is 9.48. The maximum Gasteiger partial charge on any atom is 0.233 e. The summed E-state index contributed by atoms with van der Waals surface area (Å²) in [7, 11) is -1.45. The van der Waals surface area contributed by atoms with E-state index in [0.29, 0.717) is 15.1 Å². The van der Waals surface area contributed by atoms with Gasteiger partial charge in [0.15, 0.2) is 5.03 Å². The molecule has 1 saturated heterocycles. The molecule has 0 aliphatic carbocycles. The third-order valence-electron chi connectivity index (χ3n) is 4.40. The quantitative estimate of drug-likeness (QED) is 0.734. The summed E-state index contributed by atoms with van der Waals surface area (Å²) < 4.78 is 26.0. The number of sulfone groups is 1. The minimum Gasteiger partial charge on any atom is -0.369 e. The number of rotatable bonds is 3. The molecule has 3 heterocycles. The largest absolute Gasteiger partial charge is 0.369 e. The van der Waals surface area contributed by atoms with E-state index in [1.54, 1.807) is 17.5 Å². The predicted molar refractivity (Wildman–Crippen MR) is 103 cm³/mol. The lowest BCUT2D eigenvalue weighted by atomic mass is 10.2. The molecule has 1 fully saturated rings. The molecule has 3 aromatic rings. The normalized spacial score (nSPS) is 16.1. The lowest BCUT2D eigenvalue weighted by Gasteiger charge is -2.34. The van der Waals surface area contributed by atoms with Crippen molar-refractivity contribution in [2.45, 2.75) is 9.24 Å². The molecule has 9 heteroatoms. The van der Waals surface area contributed by atoms with Crippen molar-refractivity contribution in [1.82, 2.24) is 15.1 Å². The highest BCUT2D eigenvalue weighted by molar-refractivity contribution is 7.93. The van der Waals surface area contributed by atoms with Crippen LogP contribution in [0.4, 0.5) is 5.69 Å². The summed E-state index contributed by atoms with van der Waals surface area (Å²) in [6, 6.07) is 9.19. The van der Waals surface area contributed by atoms with Crippen LogP contribution in [0.2, 0.25) is 0 Å². The third kappa shape index (κ3) is 3.27. The summed E-state index contributed by atoms with van der Waals surface area (Å²) >= 11 is 1.22. The monoisotopic (exact) mass is 398 g/mol. The Morgan fingerprint density at radius 1 is 1.16 bits per heavy atom. The second-order valence-electron chi connectivity index (χ2n) is 5.98. The highest BCUT2D eigenvalue weighted by Gasteiger charge is 2.25. The van der Waals surface area contributed by atoms with Gasteiger partial charge in [-0.05, 0) is 36.7 Å². The summed E-state index contributed by atoms with van der Waals surface area (Å²) in [6.45, 7) is 3.88. The van der Waals surface area contributed by atoms with Crippen LogP contribution in [-0.4, -0.2) is 56.7 Å². The van der Waals surface area contributed by atoms with Gasteiger partial charge in [0, 0.05) is 37.3 Å². The number of anilines is 1. The molecule has 0 atom stereocenters. The van der Waals surface area contributed by atoms with E-state index in [4.69, 9.17) is 0 Å². The Bertz CT molecular complexity index is 961. The van der Waals surface area contributed by atoms with Crippen molar-refractivity contribution in [2.24, 2.45) is 0 Å². The standard InChI is InChI=1S/C16H18N4O2S2.ClH/c1-19-6-8-20(9-7-19)12-4-5-14-13(11-12)16(18-17-14)24(21,22)15-3-2-10-23-15;/h2-5,10-11H,6-9H2,1H3,(H,17,18);1H. The van der Waals surface area contributed by atoms with Gasteiger partial charge in [-0.25, -0.2) is 8.42 Å². The molecular weight excluding hydrogens is 380 g/mol. The number of hydrogen-bond donors (Lipinski definition) is 1. The molecular formula is C16H19ClN4O2S2. The molecule has 6 nitrogen and oxygen atoms in total. The van der Waals surface area contributed by atoms with Crippen molar-refractivity contribution < 1.29 is 8.42 Å². The van der Waals surface area contributed by atoms with Crippen molar-refractivity contribution in [1.29, 1.82) is 0 Å². The van der Waals surface area contributed by atoms with Gasteiger partial charge < -0.3 is 9.80 Å². The number of nitrogens with one attached hydrogen (secondary N) is 1. The Kier molecular flexibility index (Phi) is 5.06. The van der Waals surface area contributed by atoms with E-state index < -0.39 is 9.84 Å². The Morgan fingerprint density at radius 3 is 2.60 bits per heavy atom. The zero-order valence-electron chi connectivity index (χ0n) is 13.7. The zero-order chi connectivity index (χ0) is 16.7. The van der Waals surface area contributed by atoms with Crippen molar-refractivity contribution in [3.05, 3.63) is 35.7 Å². The predicted octanol–water partition coefficient (Wildman–Crippen LogP) is 2.63. The van der Waals surface area contributed by atoms with E-state index in [2.05, 4.69) is 27.0 Å². The average Bonchev–Trinajstić information content (AvgIpc) is 3.25. The molecule has 2 aromatic heterocycles. The van der Waals surface area contributed by atoms with Crippen LogP contribution in [0.3, 0.4) is 0 Å². The van der Waals surface area contributed by atoms with E-state index in [0.717, 1.165) is 31.9 Å². The molecule has 1 N–H and O–H groups in total. The topological polar surface area (TPSA) is 69.3 Å². The van der Waals surface area contributed by atoms with Crippen molar-refractivity contribution >= 4 is 50.2 Å². The maximum atomic E-state index is 12.8. The van der Waals surface area contributed by atoms with E-state index in [9.17, 15) is 8.42 Å². The van der Waals surface area contributed by atoms with Crippen molar-refractivity contribution in [2.75, 3.05) is 38.1 Å². The number of halogens is 1. The average molecular weight is 399 g/mol. The molecule has 0 radical (unpaired) electrons. The van der Waals surface area contributed by atoms with Crippen LogP contribution in [0.25, 0.3) is 10.9 Å². The minimum atomic E-state index is -3.56. The fraction of sp³-hybridized carbons (Fsp3) is 0.312. The number of aromatic nitrogens is 2. The van der Waals surface area contributed by atoms with Gasteiger partial charge in [-0.3, -0.25) is 5.10 Å². The second kappa shape index (κ2) is 6.95. The Labute approximate surface area is 156 Å². The summed E-state index contributed by atoms with van der Waals surface area (Å²) in [4.78, 5) is 4.58. The Balaban J connectivity index is 0.00000182. The van der Waals surface area contributed by atoms with Crippen LogP contribution in [0, 0.1) is 0 Å². The molecule has 0 saturated carbocycles. The molecule has 0 bridgehead atoms. The molecule has 0 spiro atoms. The van der Waals surface area contributed by atoms with Crippen LogP contribution in [0.1, 0.15) is 0 Å². The highest BCUT2D eigenvalue weighted by atomic mass is 35.5. The number of likely N-dealkylation sites (N-methyl/N-ethyl adjacent to an activating group) is 1. The lowest BCUT2D eigenvalue weighted by Crippen LogP contribution is -2.44. The first-order chi connectivity index (χ1) is 11.6. The van der Waals surface area contributed by atoms with E-state index in [1.807, 2.05) is 18.2 Å². The van der Waals surface area contributed by atoms with Gasteiger partial charge >= 0.3 is 0 Å². The van der Waals surface area contributed by atoms with Gasteiger partial charge in [0.2, 0.25) is 9.84 Å². The number of benzene rings is 1. The number of hydrogen-bond acceptors (Lipinski definition) is 6. The number of aromatic amines is 1. The fourth-order valence-corrected chi connectivity index (χ4v) is 5.41. The fourth-order valence-electron chi connectivity index (χ4n) is 2.96. The van der Waals surface area contributed by atoms with Crippen LogP contribution in [0.5, 0.6) is 0 Å². The smallest absolute Gasteiger partial charge is 0.233 e.